The van der Waals surface area contributed by atoms with Gasteiger partial charge in [0.25, 0.3) is 0 Å². The summed E-state index contributed by atoms with van der Waals surface area (Å²) < 4.78 is 5.31. The van der Waals surface area contributed by atoms with Crippen molar-refractivity contribution in [3.05, 3.63) is 29.8 Å². The number of piperidine rings is 1. The van der Waals surface area contributed by atoms with Crippen LogP contribution in [-0.2, 0) is 4.74 Å². The molecule has 0 amide bonds. The third-order valence-electron chi connectivity index (χ3n) is 4.04. The average Bonchev–Trinajstić information content (AvgIpc) is 2.47. The lowest BCUT2D eigenvalue weighted by atomic mass is 9.96. The maximum absolute atomic E-state index is 6.24. The summed E-state index contributed by atoms with van der Waals surface area (Å²) in [6, 6.07) is 8.72. The van der Waals surface area contributed by atoms with Crippen molar-refractivity contribution in [3.63, 3.8) is 0 Å². The van der Waals surface area contributed by atoms with Gasteiger partial charge in [-0.2, -0.15) is 0 Å². The molecule has 3 nitrogen and oxygen atoms in total. The Morgan fingerprint density at radius 3 is 2.95 bits per heavy atom. The number of nitrogens with two attached hydrogens (primary N) is 1. The van der Waals surface area contributed by atoms with Gasteiger partial charge in [-0.05, 0) is 36.8 Å². The molecule has 2 N–H and O–H groups in total. The van der Waals surface area contributed by atoms with Crippen molar-refractivity contribution in [1.82, 2.24) is 0 Å². The third-order valence-corrected chi connectivity index (χ3v) is 4.04. The monoisotopic (exact) mass is 262 g/mol. The molecule has 1 heterocycles. The molecule has 0 spiro atoms. The van der Waals surface area contributed by atoms with Crippen LogP contribution < -0.4 is 10.6 Å². The zero-order valence-corrected chi connectivity index (χ0v) is 12.1. The number of methoxy groups -OCH3 is 1. The van der Waals surface area contributed by atoms with Crippen molar-refractivity contribution in [1.29, 1.82) is 0 Å². The largest absolute Gasteiger partial charge is 0.384 e. The van der Waals surface area contributed by atoms with Gasteiger partial charge in [0.15, 0.2) is 0 Å². The van der Waals surface area contributed by atoms with Gasteiger partial charge in [-0.3, -0.25) is 0 Å². The average molecular weight is 262 g/mol. The van der Waals surface area contributed by atoms with Gasteiger partial charge in [0, 0.05) is 31.9 Å². The van der Waals surface area contributed by atoms with E-state index in [1.54, 1.807) is 7.11 Å². The van der Waals surface area contributed by atoms with Crippen LogP contribution in [0.15, 0.2) is 24.3 Å². The molecular formula is C16H26N2O. The van der Waals surface area contributed by atoms with E-state index in [1.807, 2.05) is 0 Å². The Labute approximate surface area is 116 Å². The van der Waals surface area contributed by atoms with Crippen LogP contribution in [-0.4, -0.2) is 26.8 Å². The van der Waals surface area contributed by atoms with E-state index in [9.17, 15) is 0 Å². The second-order valence-electron chi connectivity index (χ2n) is 5.48. The fourth-order valence-corrected chi connectivity index (χ4v) is 2.96. The number of rotatable bonds is 5. The Morgan fingerprint density at radius 2 is 2.21 bits per heavy atom. The Bertz CT molecular complexity index is 392. The van der Waals surface area contributed by atoms with Crippen molar-refractivity contribution in [2.75, 3.05) is 31.7 Å². The van der Waals surface area contributed by atoms with E-state index in [1.165, 1.54) is 24.1 Å². The Morgan fingerprint density at radius 1 is 1.42 bits per heavy atom. The predicted octanol–water partition coefficient (Wildman–Crippen LogP) is 2.96. The summed E-state index contributed by atoms with van der Waals surface area (Å²) in [7, 11) is 1.79. The van der Waals surface area contributed by atoms with E-state index in [0.717, 1.165) is 26.1 Å². The first-order valence-electron chi connectivity index (χ1n) is 7.34. The van der Waals surface area contributed by atoms with Gasteiger partial charge in [0.1, 0.15) is 0 Å². The number of hydrogen-bond acceptors (Lipinski definition) is 3. The van der Waals surface area contributed by atoms with Gasteiger partial charge in [-0.1, -0.05) is 25.1 Å². The fraction of sp³-hybridized carbons (Fsp3) is 0.625. The smallest absolute Gasteiger partial charge is 0.0507 e. The molecule has 1 fully saturated rings. The second kappa shape index (κ2) is 6.92. The maximum atomic E-state index is 6.24. The molecular weight excluding hydrogens is 236 g/mol. The highest BCUT2D eigenvalue weighted by atomic mass is 16.5. The van der Waals surface area contributed by atoms with E-state index in [-0.39, 0.29) is 6.04 Å². The first kappa shape index (κ1) is 14.4. The molecule has 1 aliphatic heterocycles. The molecule has 19 heavy (non-hydrogen) atoms. The minimum Gasteiger partial charge on any atom is -0.384 e. The van der Waals surface area contributed by atoms with Crippen molar-refractivity contribution >= 4 is 5.69 Å². The molecule has 0 bridgehead atoms. The van der Waals surface area contributed by atoms with Crippen molar-refractivity contribution in [2.24, 2.45) is 11.7 Å². The van der Waals surface area contributed by atoms with Crippen LogP contribution in [0.2, 0.25) is 0 Å². The van der Waals surface area contributed by atoms with Gasteiger partial charge in [0.2, 0.25) is 0 Å². The number of anilines is 1. The number of para-hydroxylation sites is 1. The molecule has 3 heteroatoms. The lowest BCUT2D eigenvalue weighted by molar-refractivity contribution is 0.143. The highest BCUT2D eigenvalue weighted by molar-refractivity contribution is 5.55. The van der Waals surface area contributed by atoms with Crippen molar-refractivity contribution in [2.45, 2.75) is 32.2 Å². The lowest BCUT2D eigenvalue weighted by Gasteiger charge is -2.36. The molecule has 2 rings (SSSR count). The quantitative estimate of drug-likeness (QED) is 0.886. The first-order valence-corrected chi connectivity index (χ1v) is 7.34. The fourth-order valence-electron chi connectivity index (χ4n) is 2.96. The lowest BCUT2D eigenvalue weighted by Crippen LogP contribution is -2.38. The molecule has 106 valence electrons. The normalized spacial score (nSPS) is 21.4. The molecule has 1 saturated heterocycles. The van der Waals surface area contributed by atoms with Crippen molar-refractivity contribution in [3.8, 4) is 0 Å². The Balaban J connectivity index is 2.16. The van der Waals surface area contributed by atoms with Crippen LogP contribution in [0.25, 0.3) is 0 Å². The van der Waals surface area contributed by atoms with E-state index >= 15 is 0 Å². The van der Waals surface area contributed by atoms with E-state index in [2.05, 4.69) is 36.1 Å². The van der Waals surface area contributed by atoms with Crippen LogP contribution in [0.4, 0.5) is 5.69 Å². The molecule has 1 aromatic carbocycles. The van der Waals surface area contributed by atoms with Crippen LogP contribution in [0, 0.1) is 5.92 Å². The molecule has 0 aliphatic carbocycles. The van der Waals surface area contributed by atoms with E-state index in [4.69, 9.17) is 10.5 Å². The third kappa shape index (κ3) is 3.48. The minimum atomic E-state index is 0.138. The second-order valence-corrected chi connectivity index (χ2v) is 5.48. The molecule has 0 radical (unpaired) electrons. The van der Waals surface area contributed by atoms with E-state index in [0.29, 0.717) is 5.92 Å². The summed E-state index contributed by atoms with van der Waals surface area (Å²) in [6.45, 7) is 5.22. The van der Waals surface area contributed by atoms with E-state index < -0.39 is 0 Å². The van der Waals surface area contributed by atoms with Crippen LogP contribution >= 0.6 is 0 Å². The predicted molar refractivity (Wildman–Crippen MR) is 80.5 cm³/mol. The number of benzene rings is 1. The zero-order chi connectivity index (χ0) is 13.7. The van der Waals surface area contributed by atoms with Crippen molar-refractivity contribution < 1.29 is 4.74 Å². The van der Waals surface area contributed by atoms with Crippen LogP contribution in [0.1, 0.15) is 37.8 Å². The molecule has 1 aromatic rings. The topological polar surface area (TPSA) is 38.5 Å². The summed E-state index contributed by atoms with van der Waals surface area (Å²) in [4.78, 5) is 2.48. The highest BCUT2D eigenvalue weighted by Gasteiger charge is 2.22. The van der Waals surface area contributed by atoms with Gasteiger partial charge in [-0.25, -0.2) is 0 Å². The summed E-state index contributed by atoms with van der Waals surface area (Å²) in [5, 5.41) is 0. The van der Waals surface area contributed by atoms with Gasteiger partial charge < -0.3 is 15.4 Å². The maximum Gasteiger partial charge on any atom is 0.0507 e. The van der Waals surface area contributed by atoms with Gasteiger partial charge >= 0.3 is 0 Å². The molecule has 2 atom stereocenters. The molecule has 1 aliphatic rings. The van der Waals surface area contributed by atoms with Crippen LogP contribution in [0.3, 0.4) is 0 Å². The first-order chi connectivity index (χ1) is 9.26. The summed E-state index contributed by atoms with van der Waals surface area (Å²) >= 11 is 0. The number of hydrogen-bond donors (Lipinski definition) is 1. The number of ether oxygens (including phenoxy) is 1. The van der Waals surface area contributed by atoms with Gasteiger partial charge in [0.05, 0.1) is 6.61 Å². The van der Waals surface area contributed by atoms with Crippen LogP contribution in [0.5, 0.6) is 0 Å². The SMILES string of the molecule is CC[C@@H](N)c1ccccc1N1CCCC(COC)C1. The number of nitrogens with zero attached hydrogens (tertiary/aromatic N) is 1. The molecule has 0 aromatic heterocycles. The molecule has 0 saturated carbocycles. The Hall–Kier alpha value is -1.06. The summed E-state index contributed by atoms with van der Waals surface area (Å²) in [5.74, 6) is 0.643. The standard InChI is InChI=1S/C16H26N2O/c1-3-15(17)14-8-4-5-9-16(14)18-10-6-7-13(11-18)12-19-2/h4-5,8-9,13,15H,3,6-7,10-12,17H2,1-2H3/t13?,15-/m1/s1. The highest BCUT2D eigenvalue weighted by Crippen LogP contribution is 2.30. The minimum absolute atomic E-state index is 0.138. The summed E-state index contributed by atoms with van der Waals surface area (Å²) in [5.41, 5.74) is 8.84. The summed E-state index contributed by atoms with van der Waals surface area (Å²) in [6.07, 6.45) is 3.49. The molecule has 1 unspecified atom stereocenters. The zero-order valence-electron chi connectivity index (χ0n) is 12.1. The Kier molecular flexibility index (Phi) is 5.23. The van der Waals surface area contributed by atoms with Gasteiger partial charge in [-0.15, -0.1) is 0 Å².